The molecule has 0 fully saturated rings. The van der Waals surface area contributed by atoms with Crippen molar-refractivity contribution in [3.8, 4) is 5.75 Å². The Morgan fingerprint density at radius 2 is 2.00 bits per heavy atom. The molecule has 1 aliphatic rings. The number of amides is 2. The Morgan fingerprint density at radius 1 is 1.20 bits per heavy atom. The average Bonchev–Trinajstić information content (AvgIpc) is 3.05. The first kappa shape index (κ1) is 17.0. The lowest BCUT2D eigenvalue weighted by Gasteiger charge is -2.24. The maximum atomic E-state index is 12.7. The number of carbonyl (C=O) groups is 2. The van der Waals surface area contributed by atoms with Crippen molar-refractivity contribution in [2.24, 2.45) is 0 Å². The lowest BCUT2D eigenvalue weighted by molar-refractivity contribution is -0.126. The molecule has 0 aromatic heterocycles. The van der Waals surface area contributed by atoms with E-state index in [4.69, 9.17) is 4.74 Å². The molecule has 2 amide bonds. The van der Waals surface area contributed by atoms with E-state index in [-0.39, 0.29) is 11.8 Å². The number of hydrogen-bond acceptors (Lipinski definition) is 3. The van der Waals surface area contributed by atoms with Crippen LogP contribution in [0.5, 0.6) is 5.75 Å². The number of benzene rings is 2. The van der Waals surface area contributed by atoms with Crippen LogP contribution in [-0.4, -0.2) is 25.0 Å². The zero-order valence-corrected chi connectivity index (χ0v) is 14.5. The summed E-state index contributed by atoms with van der Waals surface area (Å²) in [4.78, 5) is 26.8. The summed E-state index contributed by atoms with van der Waals surface area (Å²) in [7, 11) is 1.61. The third kappa shape index (κ3) is 3.50. The third-order valence-electron chi connectivity index (χ3n) is 4.45. The van der Waals surface area contributed by atoms with Gasteiger partial charge in [0.2, 0.25) is 11.8 Å². The molecule has 2 aromatic rings. The standard InChI is InChI=1S/C20H22N2O3/c1-3-19(23)22-17-10-5-4-8-15(17)12-18(22)20(24)21-13-14-7-6-9-16(11-14)25-2/h4-11,18H,3,12-13H2,1-2H3,(H,21,24)/t18-/m0/s1. The van der Waals surface area contributed by atoms with Crippen molar-refractivity contribution in [1.82, 2.24) is 5.32 Å². The van der Waals surface area contributed by atoms with E-state index < -0.39 is 6.04 Å². The topological polar surface area (TPSA) is 58.6 Å². The molecule has 0 radical (unpaired) electrons. The van der Waals surface area contributed by atoms with Gasteiger partial charge in [-0.1, -0.05) is 37.3 Å². The van der Waals surface area contributed by atoms with Crippen LogP contribution >= 0.6 is 0 Å². The summed E-state index contributed by atoms with van der Waals surface area (Å²) < 4.78 is 5.20. The van der Waals surface area contributed by atoms with E-state index in [0.717, 1.165) is 22.6 Å². The minimum Gasteiger partial charge on any atom is -0.497 e. The van der Waals surface area contributed by atoms with Gasteiger partial charge in [0.1, 0.15) is 11.8 Å². The van der Waals surface area contributed by atoms with Crippen molar-refractivity contribution in [2.45, 2.75) is 32.4 Å². The maximum Gasteiger partial charge on any atom is 0.243 e. The second-order valence-electron chi connectivity index (χ2n) is 6.04. The minimum absolute atomic E-state index is 0.0357. The zero-order chi connectivity index (χ0) is 17.8. The summed E-state index contributed by atoms with van der Waals surface area (Å²) >= 11 is 0. The second-order valence-corrected chi connectivity index (χ2v) is 6.04. The number of carbonyl (C=O) groups excluding carboxylic acids is 2. The Hall–Kier alpha value is -2.82. The number of ether oxygens (including phenoxy) is 1. The van der Waals surface area contributed by atoms with Gasteiger partial charge in [-0.2, -0.15) is 0 Å². The van der Waals surface area contributed by atoms with E-state index >= 15 is 0 Å². The monoisotopic (exact) mass is 338 g/mol. The van der Waals surface area contributed by atoms with Crippen molar-refractivity contribution >= 4 is 17.5 Å². The molecule has 5 nitrogen and oxygen atoms in total. The Morgan fingerprint density at radius 3 is 2.76 bits per heavy atom. The molecule has 2 aromatic carbocycles. The molecule has 0 unspecified atom stereocenters. The first-order valence-corrected chi connectivity index (χ1v) is 8.44. The van der Waals surface area contributed by atoms with Crippen LogP contribution in [0.25, 0.3) is 0 Å². The van der Waals surface area contributed by atoms with Crippen molar-refractivity contribution in [3.63, 3.8) is 0 Å². The van der Waals surface area contributed by atoms with Crippen molar-refractivity contribution in [3.05, 3.63) is 59.7 Å². The normalized spacial score (nSPS) is 15.6. The van der Waals surface area contributed by atoms with E-state index in [1.165, 1.54) is 0 Å². The molecular formula is C20H22N2O3. The number of nitrogens with zero attached hydrogens (tertiary/aromatic N) is 1. The van der Waals surface area contributed by atoms with Crippen LogP contribution in [0.2, 0.25) is 0 Å². The molecule has 3 rings (SSSR count). The van der Waals surface area contributed by atoms with Crippen LogP contribution in [0.15, 0.2) is 48.5 Å². The molecule has 130 valence electrons. The fourth-order valence-corrected chi connectivity index (χ4v) is 3.16. The summed E-state index contributed by atoms with van der Waals surface area (Å²) in [6.45, 7) is 2.21. The number of hydrogen-bond donors (Lipinski definition) is 1. The minimum atomic E-state index is -0.490. The smallest absolute Gasteiger partial charge is 0.243 e. The Kier molecular flexibility index (Phi) is 5.03. The maximum absolute atomic E-state index is 12.7. The molecule has 0 bridgehead atoms. The molecular weight excluding hydrogens is 316 g/mol. The van der Waals surface area contributed by atoms with Gasteiger partial charge in [0.05, 0.1) is 7.11 Å². The number of nitrogens with one attached hydrogen (secondary N) is 1. The Labute approximate surface area is 147 Å². The zero-order valence-electron chi connectivity index (χ0n) is 14.5. The average molecular weight is 338 g/mol. The fraction of sp³-hybridized carbons (Fsp3) is 0.300. The van der Waals surface area contributed by atoms with Gasteiger partial charge in [0, 0.05) is 25.1 Å². The summed E-state index contributed by atoms with van der Waals surface area (Å²) in [5, 5.41) is 2.95. The van der Waals surface area contributed by atoms with Gasteiger partial charge < -0.3 is 10.1 Å². The summed E-state index contributed by atoms with van der Waals surface area (Å²) in [5.74, 6) is 0.579. The van der Waals surface area contributed by atoms with E-state index in [2.05, 4.69) is 5.32 Å². The lowest BCUT2D eigenvalue weighted by Crippen LogP contribution is -2.47. The molecule has 0 aliphatic carbocycles. The largest absolute Gasteiger partial charge is 0.497 e. The number of methoxy groups -OCH3 is 1. The molecule has 1 N–H and O–H groups in total. The summed E-state index contributed by atoms with van der Waals surface area (Å²) in [6.07, 6.45) is 0.917. The van der Waals surface area contributed by atoms with Crippen LogP contribution in [0, 0.1) is 0 Å². The summed E-state index contributed by atoms with van der Waals surface area (Å²) in [6, 6.07) is 14.8. The SMILES string of the molecule is CCC(=O)N1c2ccccc2C[C@H]1C(=O)NCc1cccc(OC)c1. The van der Waals surface area contributed by atoms with Crippen LogP contribution < -0.4 is 15.0 Å². The first-order chi connectivity index (χ1) is 12.1. The molecule has 1 atom stereocenters. The van der Waals surface area contributed by atoms with Gasteiger partial charge in [0.15, 0.2) is 0 Å². The third-order valence-corrected chi connectivity index (χ3v) is 4.45. The number of anilines is 1. The highest BCUT2D eigenvalue weighted by molar-refractivity contribution is 6.03. The highest BCUT2D eigenvalue weighted by atomic mass is 16.5. The van der Waals surface area contributed by atoms with Crippen LogP contribution in [0.1, 0.15) is 24.5 Å². The molecule has 0 saturated heterocycles. The van der Waals surface area contributed by atoms with Crippen molar-refractivity contribution < 1.29 is 14.3 Å². The van der Waals surface area contributed by atoms with Crippen LogP contribution in [0.3, 0.4) is 0 Å². The molecule has 25 heavy (non-hydrogen) atoms. The van der Waals surface area contributed by atoms with E-state index in [1.54, 1.807) is 12.0 Å². The van der Waals surface area contributed by atoms with Gasteiger partial charge in [-0.05, 0) is 29.3 Å². The second kappa shape index (κ2) is 7.38. The van der Waals surface area contributed by atoms with Crippen LogP contribution in [0.4, 0.5) is 5.69 Å². The highest BCUT2D eigenvalue weighted by Gasteiger charge is 2.37. The van der Waals surface area contributed by atoms with Gasteiger partial charge in [-0.3, -0.25) is 14.5 Å². The molecule has 1 heterocycles. The van der Waals surface area contributed by atoms with E-state index in [1.807, 2.05) is 55.5 Å². The van der Waals surface area contributed by atoms with Gasteiger partial charge in [-0.25, -0.2) is 0 Å². The van der Waals surface area contributed by atoms with Crippen LogP contribution in [-0.2, 0) is 22.6 Å². The molecule has 0 saturated carbocycles. The molecule has 1 aliphatic heterocycles. The number of rotatable bonds is 5. The van der Waals surface area contributed by atoms with E-state index in [9.17, 15) is 9.59 Å². The predicted octanol–water partition coefficient (Wildman–Crippen LogP) is 2.68. The molecule has 0 spiro atoms. The highest BCUT2D eigenvalue weighted by Crippen LogP contribution is 2.32. The number of para-hydroxylation sites is 1. The first-order valence-electron chi connectivity index (χ1n) is 8.44. The van der Waals surface area contributed by atoms with Crippen molar-refractivity contribution in [2.75, 3.05) is 12.0 Å². The predicted molar refractivity (Wildman–Crippen MR) is 96.6 cm³/mol. The Bertz CT molecular complexity index is 788. The lowest BCUT2D eigenvalue weighted by atomic mass is 10.1. The van der Waals surface area contributed by atoms with Gasteiger partial charge in [-0.15, -0.1) is 0 Å². The van der Waals surface area contributed by atoms with Crippen molar-refractivity contribution in [1.29, 1.82) is 0 Å². The number of fused-ring (bicyclic) bond motifs is 1. The fourth-order valence-electron chi connectivity index (χ4n) is 3.16. The molecule has 5 heteroatoms. The van der Waals surface area contributed by atoms with E-state index in [0.29, 0.717) is 19.4 Å². The Balaban J connectivity index is 1.74. The van der Waals surface area contributed by atoms with Gasteiger partial charge >= 0.3 is 0 Å². The quantitative estimate of drug-likeness (QED) is 0.912. The van der Waals surface area contributed by atoms with Gasteiger partial charge in [0.25, 0.3) is 0 Å². The summed E-state index contributed by atoms with van der Waals surface area (Å²) in [5.41, 5.74) is 2.83.